The topological polar surface area (TPSA) is 269 Å². The summed E-state index contributed by atoms with van der Waals surface area (Å²) in [6, 6.07) is 0. The summed E-state index contributed by atoms with van der Waals surface area (Å²) in [5.41, 5.74) is -1.07. The second-order valence-corrected chi connectivity index (χ2v) is 24.2. The van der Waals surface area contributed by atoms with E-state index in [1.165, 1.54) is 42.7 Å². The van der Waals surface area contributed by atoms with Crippen molar-refractivity contribution in [3.8, 4) is 0 Å². The number of aliphatic hydroxyl groups is 1. The quantitative estimate of drug-likeness (QED) is 0.147. The normalized spacial score (nSPS) is 43.2. The molecule has 22 heteroatoms. The maximum atomic E-state index is 12.6. The van der Waals surface area contributed by atoms with Crippen molar-refractivity contribution in [2.75, 3.05) is 42.7 Å². The summed E-state index contributed by atoms with van der Waals surface area (Å²) < 4.78 is 76.2. The van der Waals surface area contributed by atoms with Crippen molar-refractivity contribution in [2.24, 2.45) is 57.2 Å². The number of ether oxygens (including phenoxy) is 14. The molecule has 1 N–H and O–H groups in total. The van der Waals surface area contributed by atoms with Crippen LogP contribution in [0.3, 0.4) is 0 Å². The van der Waals surface area contributed by atoms with Gasteiger partial charge >= 0.3 is 42.9 Å². The van der Waals surface area contributed by atoms with Gasteiger partial charge in [-0.25, -0.2) is 28.8 Å². The highest BCUT2D eigenvalue weighted by atomic mass is 16.8. The molecule has 2 heterocycles. The number of rotatable bonds is 6. The largest absolute Gasteiger partial charge is 0.508 e. The molecule has 0 amide bonds. The van der Waals surface area contributed by atoms with Crippen molar-refractivity contribution in [3.63, 3.8) is 0 Å². The van der Waals surface area contributed by atoms with E-state index in [9.17, 15) is 38.7 Å². The number of hydrogen-bond donors (Lipinski definition) is 1. The smallest absolute Gasteiger partial charge is 0.458 e. The number of hydrogen-bond acceptors (Lipinski definition) is 22. The van der Waals surface area contributed by atoms with Crippen LogP contribution in [0, 0.1) is 57.2 Å². The first-order valence-electron chi connectivity index (χ1n) is 27.5. The van der Waals surface area contributed by atoms with E-state index in [0.29, 0.717) is 83.5 Å². The number of carbonyl (C=O) groups is 7. The predicted molar refractivity (Wildman–Crippen MR) is 266 cm³/mol. The fraction of sp³-hybridized carbons (Fsp3) is 0.804. The van der Waals surface area contributed by atoms with E-state index in [1.807, 2.05) is 12.2 Å². The third kappa shape index (κ3) is 9.58. The first kappa shape index (κ1) is 57.2. The lowest BCUT2D eigenvalue weighted by atomic mass is 9.45. The third-order valence-corrected chi connectivity index (χ3v) is 21.2. The molecule has 22 nitrogen and oxygen atoms in total. The van der Waals surface area contributed by atoms with Gasteiger partial charge in [0.2, 0.25) is 0 Å². The van der Waals surface area contributed by atoms with Crippen LogP contribution in [0.2, 0.25) is 0 Å². The Morgan fingerprint density at radius 3 is 1.27 bits per heavy atom. The minimum atomic E-state index is -0.833. The summed E-state index contributed by atoms with van der Waals surface area (Å²) in [6.45, 7) is 8.58. The number of fused-ring (bicyclic) bond motifs is 12. The molecule has 0 aromatic heterocycles. The molecule has 9 unspecified atom stereocenters. The molecule has 6 saturated carbocycles. The van der Waals surface area contributed by atoms with Crippen LogP contribution < -0.4 is 0 Å². The molecule has 0 bridgehead atoms. The molecule has 10 aliphatic rings. The minimum Gasteiger partial charge on any atom is -0.458 e. The van der Waals surface area contributed by atoms with Gasteiger partial charge < -0.3 is 71.4 Å². The van der Waals surface area contributed by atoms with Gasteiger partial charge in [0, 0.05) is 60.2 Å². The molecule has 8 aliphatic carbocycles. The van der Waals surface area contributed by atoms with Gasteiger partial charge in [-0.2, -0.15) is 0 Å². The Morgan fingerprint density at radius 1 is 0.500 bits per heavy atom. The second-order valence-electron chi connectivity index (χ2n) is 24.2. The van der Waals surface area contributed by atoms with E-state index in [4.69, 9.17) is 66.3 Å². The van der Waals surface area contributed by atoms with Crippen LogP contribution in [0.25, 0.3) is 0 Å². The Bertz CT molecular complexity index is 2420. The van der Waals surface area contributed by atoms with Gasteiger partial charge in [0.05, 0.1) is 48.3 Å². The van der Waals surface area contributed by atoms with E-state index in [2.05, 4.69) is 27.7 Å². The Labute approximate surface area is 454 Å². The number of aliphatic hydroxyl groups excluding tert-OH is 1. The number of methoxy groups -OCH3 is 6. The molecule has 2 saturated heterocycles. The first-order valence-corrected chi connectivity index (χ1v) is 27.5. The molecule has 0 radical (unpaired) electrons. The molecule has 2 spiro atoms. The minimum absolute atomic E-state index is 0.0271. The molecule has 10 rings (SSSR count). The highest BCUT2D eigenvalue weighted by molar-refractivity contribution is 5.72. The molecule has 2 aliphatic heterocycles. The van der Waals surface area contributed by atoms with Crippen LogP contribution in [-0.2, 0) is 71.1 Å². The van der Waals surface area contributed by atoms with Crippen LogP contribution in [0.15, 0.2) is 23.3 Å². The van der Waals surface area contributed by atoms with E-state index in [0.717, 1.165) is 30.4 Å². The Morgan fingerprint density at radius 2 is 0.885 bits per heavy atom. The zero-order valence-electron chi connectivity index (χ0n) is 46.5. The Kier molecular flexibility index (Phi) is 15.8. The number of carbonyl (C=O) groups excluding carboxylic acids is 7. The van der Waals surface area contributed by atoms with Crippen LogP contribution in [0.5, 0.6) is 0 Å². The van der Waals surface area contributed by atoms with E-state index >= 15 is 0 Å². The monoisotopic (exact) mass is 1100 g/mol. The van der Waals surface area contributed by atoms with Crippen LogP contribution in [0.1, 0.15) is 130 Å². The van der Waals surface area contributed by atoms with Gasteiger partial charge in [0.15, 0.2) is 6.29 Å². The maximum absolute atomic E-state index is 12.6. The Hall–Kier alpha value is -5.51. The lowest BCUT2D eigenvalue weighted by Crippen LogP contribution is -2.63. The zero-order chi connectivity index (χ0) is 56.3. The summed E-state index contributed by atoms with van der Waals surface area (Å²) >= 11 is 0. The fourth-order valence-corrected chi connectivity index (χ4v) is 17.7. The first-order chi connectivity index (χ1) is 37.0. The summed E-state index contributed by atoms with van der Waals surface area (Å²) in [6.07, 6.45) is 4.92. The van der Waals surface area contributed by atoms with Crippen molar-refractivity contribution < 1.29 is 105 Å². The summed E-state index contributed by atoms with van der Waals surface area (Å²) in [7, 11) is 7.63. The molecule has 78 heavy (non-hydrogen) atoms. The lowest BCUT2D eigenvalue weighted by molar-refractivity contribution is -0.221. The maximum Gasteiger partial charge on any atom is 0.508 e. The van der Waals surface area contributed by atoms with Gasteiger partial charge in [-0.05, 0) is 112 Å². The van der Waals surface area contributed by atoms with E-state index in [-0.39, 0.29) is 47.6 Å². The molecular weight excluding hydrogens is 1020 g/mol. The Balaban J connectivity index is 0.000000190. The van der Waals surface area contributed by atoms with Gasteiger partial charge in [0.25, 0.3) is 0 Å². The number of esters is 1. The molecular formula is C56H78O22. The lowest BCUT2D eigenvalue weighted by Gasteiger charge is -2.62. The molecule has 0 aromatic rings. The van der Waals surface area contributed by atoms with Gasteiger partial charge in [-0.1, -0.05) is 38.8 Å². The molecule has 434 valence electrons. The third-order valence-electron chi connectivity index (χ3n) is 21.2. The van der Waals surface area contributed by atoms with Crippen molar-refractivity contribution in [1.29, 1.82) is 0 Å². The van der Waals surface area contributed by atoms with Crippen molar-refractivity contribution in [3.05, 3.63) is 23.3 Å². The summed E-state index contributed by atoms with van der Waals surface area (Å²) in [5.74, 6) is -0.986. The molecule has 19 atom stereocenters. The van der Waals surface area contributed by atoms with Crippen molar-refractivity contribution in [2.45, 2.75) is 185 Å². The SMILES string of the molecule is COC(=O)O[C@H]1CC[C@@]2(C)C(=C[C@H](OC(=O)OC)C3C2[C@H](OC(=O)OC)C[C@@]2(C)C3CCC23CCC(=O)O3)C1.COC(=O)O[C@H]1CC[C@@]2(C)C(=C[C@H](OC(=O)OC)C3C2[C@H](OC(=O)OC)C[C@@]2(C)C3CCC23CCC(O)O3)C1. The average Bonchev–Trinajstić information content (AvgIpc) is 3.46. The summed E-state index contributed by atoms with van der Waals surface area (Å²) in [4.78, 5) is 86.2. The zero-order valence-corrected chi connectivity index (χ0v) is 46.5. The van der Waals surface area contributed by atoms with Gasteiger partial charge in [-0.15, -0.1) is 0 Å². The standard InChI is InChI=1S/C28H40O11.C28H38O11/c2*1-26-9-6-16(36-23(30)33-3)12-15(26)13-18(37-24(31)34-4)21-17-7-10-28(11-8-20(29)39-28)27(17,2)14-19(22(21)26)38-25(32)35-5/h13,16-22,29H,6-12,14H2,1-5H3;13,16-19,21-22H,6-12,14H2,1-5H3/t16-,17?,18-,19+,20?,21?,22?,26-,27-,28?;16-,17?,18-,19+,21?,22?,26-,27-,28?/m00/s1. The van der Waals surface area contributed by atoms with Crippen LogP contribution in [0.4, 0.5) is 28.8 Å². The predicted octanol–water partition coefficient (Wildman–Crippen LogP) is 9.19. The van der Waals surface area contributed by atoms with Gasteiger partial charge in [-0.3, -0.25) is 4.79 Å². The second kappa shape index (κ2) is 21.5. The van der Waals surface area contributed by atoms with Crippen molar-refractivity contribution in [1.82, 2.24) is 0 Å². The van der Waals surface area contributed by atoms with Crippen LogP contribution >= 0.6 is 0 Å². The fourth-order valence-electron chi connectivity index (χ4n) is 17.7. The van der Waals surface area contributed by atoms with Gasteiger partial charge in [0.1, 0.15) is 42.2 Å². The highest BCUT2D eigenvalue weighted by Crippen LogP contribution is 2.72. The van der Waals surface area contributed by atoms with E-state index in [1.54, 1.807) is 0 Å². The highest BCUT2D eigenvalue weighted by Gasteiger charge is 2.73. The average molecular weight is 1100 g/mol. The van der Waals surface area contributed by atoms with Crippen molar-refractivity contribution >= 4 is 42.9 Å². The van der Waals surface area contributed by atoms with Crippen LogP contribution in [-0.4, -0.2) is 145 Å². The van der Waals surface area contributed by atoms with E-state index < -0.39 is 107 Å². The molecule has 8 fully saturated rings. The molecule has 0 aromatic carbocycles. The summed E-state index contributed by atoms with van der Waals surface area (Å²) in [5, 5.41) is 10.4.